The zero-order valence-electron chi connectivity index (χ0n) is 16.4. The SMILES string of the molecule is COCc1[nH]n2c(=O)cc(CCn3nc(C)nc3C)nc2c1-c1ccc(Cl)cc1. The van der Waals surface area contributed by atoms with Crippen molar-refractivity contribution in [2.24, 2.45) is 0 Å². The summed E-state index contributed by atoms with van der Waals surface area (Å²) in [7, 11) is 1.61. The Bertz CT molecular complexity index is 1220. The van der Waals surface area contributed by atoms with E-state index in [0.29, 0.717) is 35.9 Å². The number of halogens is 1. The second-order valence-corrected chi connectivity index (χ2v) is 7.27. The van der Waals surface area contributed by atoms with Crippen LogP contribution in [0.2, 0.25) is 5.02 Å². The van der Waals surface area contributed by atoms with E-state index in [0.717, 1.165) is 28.5 Å². The minimum Gasteiger partial charge on any atom is -0.378 e. The normalized spacial score (nSPS) is 11.4. The summed E-state index contributed by atoms with van der Waals surface area (Å²) in [6.45, 7) is 4.69. The second kappa shape index (κ2) is 7.81. The fraction of sp³-hybridized carbons (Fsp3) is 0.300. The van der Waals surface area contributed by atoms with E-state index in [1.807, 2.05) is 42.8 Å². The maximum absolute atomic E-state index is 12.7. The van der Waals surface area contributed by atoms with Crippen molar-refractivity contribution in [3.05, 3.63) is 68.7 Å². The molecule has 3 heterocycles. The Morgan fingerprint density at radius 1 is 1.17 bits per heavy atom. The van der Waals surface area contributed by atoms with E-state index >= 15 is 0 Å². The molecule has 1 N–H and O–H groups in total. The van der Waals surface area contributed by atoms with Crippen LogP contribution in [0.15, 0.2) is 35.1 Å². The average Bonchev–Trinajstić information content (AvgIpc) is 3.20. The first-order chi connectivity index (χ1) is 14.0. The van der Waals surface area contributed by atoms with Gasteiger partial charge in [-0.3, -0.25) is 9.89 Å². The number of methoxy groups -OCH3 is 1. The highest BCUT2D eigenvalue weighted by Crippen LogP contribution is 2.28. The average molecular weight is 413 g/mol. The van der Waals surface area contributed by atoms with Gasteiger partial charge in [-0.2, -0.15) is 5.10 Å². The van der Waals surface area contributed by atoms with Gasteiger partial charge in [-0.1, -0.05) is 23.7 Å². The van der Waals surface area contributed by atoms with E-state index in [1.54, 1.807) is 13.2 Å². The summed E-state index contributed by atoms with van der Waals surface area (Å²) in [5.41, 5.74) is 3.60. The van der Waals surface area contributed by atoms with Gasteiger partial charge < -0.3 is 4.74 Å². The Hall–Kier alpha value is -2.97. The Morgan fingerprint density at radius 2 is 1.93 bits per heavy atom. The van der Waals surface area contributed by atoms with Crippen LogP contribution < -0.4 is 5.56 Å². The number of ether oxygens (including phenoxy) is 1. The number of rotatable bonds is 6. The number of aromatic nitrogens is 6. The zero-order chi connectivity index (χ0) is 20.5. The summed E-state index contributed by atoms with van der Waals surface area (Å²) in [6, 6.07) is 8.99. The van der Waals surface area contributed by atoms with E-state index in [9.17, 15) is 4.79 Å². The maximum atomic E-state index is 12.7. The summed E-state index contributed by atoms with van der Waals surface area (Å²) >= 11 is 6.04. The third-order valence-corrected chi connectivity index (χ3v) is 4.96. The van der Waals surface area contributed by atoms with Crippen LogP contribution in [-0.4, -0.2) is 36.5 Å². The monoisotopic (exact) mass is 412 g/mol. The van der Waals surface area contributed by atoms with Crippen LogP contribution >= 0.6 is 11.6 Å². The van der Waals surface area contributed by atoms with Gasteiger partial charge in [0.1, 0.15) is 11.6 Å². The van der Waals surface area contributed by atoms with Gasteiger partial charge in [0.2, 0.25) is 0 Å². The molecule has 0 radical (unpaired) electrons. The number of H-pyrrole nitrogens is 1. The molecule has 0 aliphatic heterocycles. The molecule has 8 nitrogen and oxygen atoms in total. The summed E-state index contributed by atoms with van der Waals surface area (Å²) in [6.07, 6.45) is 0.570. The van der Waals surface area contributed by atoms with Crippen molar-refractivity contribution < 1.29 is 4.74 Å². The number of aryl methyl sites for hydroxylation is 4. The van der Waals surface area contributed by atoms with Crippen molar-refractivity contribution in [2.75, 3.05) is 7.11 Å². The van der Waals surface area contributed by atoms with Gasteiger partial charge in [0.05, 0.1) is 18.0 Å². The van der Waals surface area contributed by atoms with Gasteiger partial charge in [-0.05, 0) is 31.5 Å². The third-order valence-electron chi connectivity index (χ3n) is 4.71. The van der Waals surface area contributed by atoms with Crippen LogP contribution in [0.4, 0.5) is 0 Å². The predicted molar refractivity (Wildman–Crippen MR) is 110 cm³/mol. The number of hydrogen-bond acceptors (Lipinski definition) is 5. The van der Waals surface area contributed by atoms with Gasteiger partial charge in [-0.15, -0.1) is 0 Å². The highest BCUT2D eigenvalue weighted by molar-refractivity contribution is 6.30. The van der Waals surface area contributed by atoms with Crippen LogP contribution in [0.5, 0.6) is 0 Å². The molecule has 4 rings (SSSR count). The molecule has 0 saturated heterocycles. The molecule has 4 aromatic rings. The van der Waals surface area contributed by atoms with Crippen molar-refractivity contribution in [3.8, 4) is 11.1 Å². The first-order valence-electron chi connectivity index (χ1n) is 9.22. The van der Waals surface area contributed by atoms with Gasteiger partial charge in [-0.25, -0.2) is 19.2 Å². The van der Waals surface area contributed by atoms with Gasteiger partial charge in [0, 0.05) is 36.7 Å². The Balaban J connectivity index is 1.78. The third kappa shape index (κ3) is 3.81. The van der Waals surface area contributed by atoms with Gasteiger partial charge in [0.15, 0.2) is 5.65 Å². The van der Waals surface area contributed by atoms with E-state index in [4.69, 9.17) is 21.3 Å². The molecule has 0 aliphatic carbocycles. The van der Waals surface area contributed by atoms with Crippen molar-refractivity contribution in [2.45, 2.75) is 33.4 Å². The van der Waals surface area contributed by atoms with Crippen LogP contribution in [-0.2, 0) is 24.3 Å². The minimum atomic E-state index is -0.172. The number of nitrogens with zero attached hydrogens (tertiary/aromatic N) is 5. The van der Waals surface area contributed by atoms with Crippen molar-refractivity contribution in [3.63, 3.8) is 0 Å². The van der Waals surface area contributed by atoms with E-state index in [-0.39, 0.29) is 5.56 Å². The molecule has 0 aliphatic rings. The lowest BCUT2D eigenvalue weighted by Crippen LogP contribution is -2.17. The predicted octanol–water partition coefficient (Wildman–Crippen LogP) is 2.94. The molecule has 0 amide bonds. The Labute approximate surface area is 172 Å². The molecule has 0 spiro atoms. The lowest BCUT2D eigenvalue weighted by molar-refractivity contribution is 0.181. The molecule has 0 fully saturated rings. The topological polar surface area (TPSA) is 90.1 Å². The summed E-state index contributed by atoms with van der Waals surface area (Å²) in [5, 5.41) is 8.13. The molecule has 9 heteroatoms. The van der Waals surface area contributed by atoms with Crippen LogP contribution in [0.1, 0.15) is 23.0 Å². The van der Waals surface area contributed by atoms with Crippen molar-refractivity contribution in [1.29, 1.82) is 0 Å². The lowest BCUT2D eigenvalue weighted by Gasteiger charge is -2.05. The standard InChI is InChI=1S/C20H21ClN6O2/c1-12-22-13(2)26(24-12)9-8-16-10-18(28)27-20(23-16)19(17(25-27)11-29-3)14-4-6-15(21)7-5-14/h4-7,10,25H,8-9,11H2,1-3H3. The van der Waals surface area contributed by atoms with E-state index in [1.165, 1.54) is 4.52 Å². The number of hydrogen-bond donors (Lipinski definition) is 1. The fourth-order valence-corrected chi connectivity index (χ4v) is 3.55. The lowest BCUT2D eigenvalue weighted by atomic mass is 10.1. The molecule has 29 heavy (non-hydrogen) atoms. The molecule has 0 bridgehead atoms. The summed E-state index contributed by atoms with van der Waals surface area (Å²) in [5.74, 6) is 1.57. The van der Waals surface area contributed by atoms with Gasteiger partial charge >= 0.3 is 0 Å². The minimum absolute atomic E-state index is 0.172. The highest BCUT2D eigenvalue weighted by Gasteiger charge is 2.17. The fourth-order valence-electron chi connectivity index (χ4n) is 3.42. The molecule has 3 aromatic heterocycles. The molecule has 150 valence electrons. The van der Waals surface area contributed by atoms with Crippen LogP contribution in [0.25, 0.3) is 16.8 Å². The molecule has 0 saturated carbocycles. The first-order valence-corrected chi connectivity index (χ1v) is 9.60. The van der Waals surface area contributed by atoms with E-state index < -0.39 is 0 Å². The molecular weight excluding hydrogens is 392 g/mol. The second-order valence-electron chi connectivity index (χ2n) is 6.83. The van der Waals surface area contributed by atoms with Crippen LogP contribution in [0.3, 0.4) is 0 Å². The molecule has 0 unspecified atom stereocenters. The zero-order valence-corrected chi connectivity index (χ0v) is 17.2. The van der Waals surface area contributed by atoms with Crippen molar-refractivity contribution in [1.82, 2.24) is 29.4 Å². The molecule has 1 aromatic carbocycles. The maximum Gasteiger partial charge on any atom is 0.272 e. The largest absolute Gasteiger partial charge is 0.378 e. The van der Waals surface area contributed by atoms with E-state index in [2.05, 4.69) is 15.2 Å². The number of fused-ring (bicyclic) bond motifs is 1. The number of nitrogens with one attached hydrogen (secondary N) is 1. The summed E-state index contributed by atoms with van der Waals surface area (Å²) < 4.78 is 8.59. The molecular formula is C20H21ClN6O2. The van der Waals surface area contributed by atoms with Gasteiger partial charge in [0.25, 0.3) is 5.56 Å². The Morgan fingerprint density at radius 3 is 2.59 bits per heavy atom. The van der Waals surface area contributed by atoms with Crippen molar-refractivity contribution >= 4 is 17.2 Å². The number of aromatic amines is 1. The summed E-state index contributed by atoms with van der Waals surface area (Å²) in [4.78, 5) is 21.8. The highest BCUT2D eigenvalue weighted by atomic mass is 35.5. The van der Waals surface area contributed by atoms with Crippen LogP contribution in [0, 0.1) is 13.8 Å². The first kappa shape index (κ1) is 19.4. The molecule has 0 atom stereocenters. The Kier molecular flexibility index (Phi) is 5.21. The number of benzene rings is 1. The smallest absolute Gasteiger partial charge is 0.272 e. The quantitative estimate of drug-likeness (QED) is 0.525.